The normalized spacial score (nSPS) is 10.6. The van der Waals surface area contributed by atoms with Gasteiger partial charge in [-0.1, -0.05) is 26.0 Å². The summed E-state index contributed by atoms with van der Waals surface area (Å²) in [6, 6.07) is 13.4. The maximum Gasteiger partial charge on any atom is 0.128 e. The third-order valence-electron chi connectivity index (χ3n) is 2.99. The van der Waals surface area contributed by atoms with E-state index in [2.05, 4.69) is 35.8 Å². The van der Waals surface area contributed by atoms with Gasteiger partial charge in [0.25, 0.3) is 0 Å². The Hall–Kier alpha value is -1.81. The monoisotopic (exact) mass is 332 g/mol. The zero-order chi connectivity index (χ0) is 14.7. The van der Waals surface area contributed by atoms with Gasteiger partial charge in [-0.3, -0.25) is 5.41 Å². The van der Waals surface area contributed by atoms with E-state index in [0.29, 0.717) is 17.2 Å². The highest BCUT2D eigenvalue weighted by Gasteiger charge is 2.06. The second kappa shape index (κ2) is 6.09. The molecular weight excluding hydrogens is 316 g/mol. The molecule has 20 heavy (non-hydrogen) atoms. The Balaban J connectivity index is 2.24. The zero-order valence-electron chi connectivity index (χ0n) is 11.5. The first kappa shape index (κ1) is 14.6. The van der Waals surface area contributed by atoms with Crippen molar-refractivity contribution in [2.45, 2.75) is 19.8 Å². The minimum absolute atomic E-state index is 0.0326. The van der Waals surface area contributed by atoms with Crippen LogP contribution >= 0.6 is 15.9 Å². The van der Waals surface area contributed by atoms with Gasteiger partial charge in [0.05, 0.1) is 0 Å². The second-order valence-corrected chi connectivity index (χ2v) is 5.74. The Morgan fingerprint density at radius 1 is 1.15 bits per heavy atom. The Bertz CT molecular complexity index is 638. The van der Waals surface area contributed by atoms with E-state index in [9.17, 15) is 0 Å². The van der Waals surface area contributed by atoms with Gasteiger partial charge in [0, 0.05) is 10.0 Å². The fourth-order valence-electron chi connectivity index (χ4n) is 1.85. The number of hydrogen-bond donors (Lipinski definition) is 2. The van der Waals surface area contributed by atoms with Gasteiger partial charge in [-0.05, 0) is 57.7 Å². The number of amidine groups is 1. The van der Waals surface area contributed by atoms with E-state index in [1.807, 2.05) is 30.3 Å². The van der Waals surface area contributed by atoms with E-state index in [4.69, 9.17) is 15.9 Å². The molecule has 3 nitrogen and oxygen atoms in total. The van der Waals surface area contributed by atoms with Gasteiger partial charge in [-0.15, -0.1) is 0 Å². The first-order valence-electron chi connectivity index (χ1n) is 6.39. The summed E-state index contributed by atoms with van der Waals surface area (Å²) in [7, 11) is 0. The van der Waals surface area contributed by atoms with Crippen LogP contribution in [0.15, 0.2) is 46.9 Å². The lowest BCUT2D eigenvalue weighted by molar-refractivity contribution is 0.481. The second-order valence-electron chi connectivity index (χ2n) is 4.88. The van der Waals surface area contributed by atoms with Crippen molar-refractivity contribution in [1.82, 2.24) is 0 Å². The van der Waals surface area contributed by atoms with Gasteiger partial charge in [-0.2, -0.15) is 0 Å². The van der Waals surface area contributed by atoms with Crippen LogP contribution < -0.4 is 10.5 Å². The van der Waals surface area contributed by atoms with Crippen LogP contribution in [-0.4, -0.2) is 5.84 Å². The summed E-state index contributed by atoms with van der Waals surface area (Å²) in [5.74, 6) is 2.01. The molecule has 0 fully saturated rings. The molecule has 0 aliphatic rings. The number of hydrogen-bond acceptors (Lipinski definition) is 2. The summed E-state index contributed by atoms with van der Waals surface area (Å²) in [6.45, 7) is 4.30. The summed E-state index contributed by atoms with van der Waals surface area (Å²) in [5, 5.41) is 7.45. The molecule has 104 valence electrons. The van der Waals surface area contributed by atoms with Crippen molar-refractivity contribution in [1.29, 1.82) is 5.41 Å². The average molecular weight is 333 g/mol. The van der Waals surface area contributed by atoms with Gasteiger partial charge in [0.1, 0.15) is 17.3 Å². The van der Waals surface area contributed by atoms with Crippen LogP contribution in [0.2, 0.25) is 0 Å². The molecule has 0 aliphatic heterocycles. The fourth-order valence-corrected chi connectivity index (χ4v) is 2.42. The molecule has 0 saturated heterocycles. The number of rotatable bonds is 4. The van der Waals surface area contributed by atoms with Crippen LogP contribution in [-0.2, 0) is 0 Å². The molecule has 0 saturated carbocycles. The van der Waals surface area contributed by atoms with Gasteiger partial charge >= 0.3 is 0 Å². The molecular formula is C16H17BrN2O. The maximum atomic E-state index is 7.45. The topological polar surface area (TPSA) is 59.1 Å². The third kappa shape index (κ3) is 3.39. The number of halogens is 1. The van der Waals surface area contributed by atoms with Gasteiger partial charge in [0.15, 0.2) is 0 Å². The van der Waals surface area contributed by atoms with Crippen LogP contribution in [0.1, 0.15) is 30.9 Å². The summed E-state index contributed by atoms with van der Waals surface area (Å²) in [4.78, 5) is 0. The molecule has 0 aliphatic carbocycles. The van der Waals surface area contributed by atoms with E-state index in [1.165, 1.54) is 5.56 Å². The lowest BCUT2D eigenvalue weighted by Crippen LogP contribution is -2.11. The predicted molar refractivity (Wildman–Crippen MR) is 85.8 cm³/mol. The summed E-state index contributed by atoms with van der Waals surface area (Å²) < 4.78 is 6.60. The van der Waals surface area contributed by atoms with Crippen molar-refractivity contribution in [2.75, 3.05) is 0 Å². The summed E-state index contributed by atoms with van der Waals surface area (Å²) >= 11 is 3.40. The Morgan fingerprint density at radius 3 is 2.45 bits per heavy atom. The van der Waals surface area contributed by atoms with Crippen LogP contribution in [0.25, 0.3) is 0 Å². The molecule has 0 aromatic heterocycles. The highest BCUT2D eigenvalue weighted by molar-refractivity contribution is 9.10. The highest BCUT2D eigenvalue weighted by Crippen LogP contribution is 2.28. The van der Waals surface area contributed by atoms with Gasteiger partial charge < -0.3 is 10.5 Å². The first-order chi connectivity index (χ1) is 9.47. The van der Waals surface area contributed by atoms with Crippen molar-refractivity contribution < 1.29 is 4.74 Å². The molecule has 0 spiro atoms. The van der Waals surface area contributed by atoms with Crippen molar-refractivity contribution in [2.24, 2.45) is 5.73 Å². The number of nitrogens with two attached hydrogens (primary N) is 1. The first-order valence-corrected chi connectivity index (χ1v) is 7.18. The van der Waals surface area contributed by atoms with Crippen molar-refractivity contribution >= 4 is 21.8 Å². The number of ether oxygens (including phenoxy) is 1. The highest BCUT2D eigenvalue weighted by atomic mass is 79.9. The van der Waals surface area contributed by atoms with Crippen LogP contribution in [0.3, 0.4) is 0 Å². The average Bonchev–Trinajstić information content (AvgIpc) is 2.38. The van der Waals surface area contributed by atoms with E-state index in [1.54, 1.807) is 6.07 Å². The summed E-state index contributed by atoms with van der Waals surface area (Å²) in [6.07, 6.45) is 0. The predicted octanol–water partition coefficient (Wildman–Crippen LogP) is 4.65. The molecule has 0 atom stereocenters. The van der Waals surface area contributed by atoms with E-state index in [0.717, 1.165) is 10.2 Å². The van der Waals surface area contributed by atoms with Gasteiger partial charge in [0.2, 0.25) is 0 Å². The Kier molecular flexibility index (Phi) is 4.45. The molecule has 0 unspecified atom stereocenters. The molecule has 3 N–H and O–H groups in total. The van der Waals surface area contributed by atoms with Gasteiger partial charge in [-0.25, -0.2) is 0 Å². The minimum atomic E-state index is 0.0326. The standard InChI is InChI=1S/C16H17BrN2O/c1-10(2)11-4-3-5-12(8-11)20-13-6-7-14(16(18)19)15(17)9-13/h3-10H,1-2H3,(H3,18,19). The SMILES string of the molecule is CC(C)c1cccc(Oc2ccc(C(=N)N)c(Br)c2)c1. The smallest absolute Gasteiger partial charge is 0.128 e. The van der Waals surface area contributed by atoms with Crippen LogP contribution in [0, 0.1) is 5.41 Å². The third-order valence-corrected chi connectivity index (χ3v) is 3.65. The molecule has 0 heterocycles. The Labute approximate surface area is 127 Å². The number of nitrogen functional groups attached to an aromatic ring is 1. The van der Waals surface area contributed by atoms with E-state index < -0.39 is 0 Å². The fraction of sp³-hybridized carbons (Fsp3) is 0.188. The van der Waals surface area contributed by atoms with E-state index >= 15 is 0 Å². The molecule has 0 amide bonds. The molecule has 0 radical (unpaired) electrons. The molecule has 4 heteroatoms. The number of benzene rings is 2. The van der Waals surface area contributed by atoms with Crippen molar-refractivity contribution in [3.8, 4) is 11.5 Å². The lowest BCUT2D eigenvalue weighted by Gasteiger charge is -2.11. The van der Waals surface area contributed by atoms with Crippen molar-refractivity contribution in [3.63, 3.8) is 0 Å². The molecule has 2 aromatic rings. The summed E-state index contributed by atoms with van der Waals surface area (Å²) in [5.41, 5.74) is 7.38. The largest absolute Gasteiger partial charge is 0.457 e. The van der Waals surface area contributed by atoms with E-state index in [-0.39, 0.29) is 5.84 Å². The lowest BCUT2D eigenvalue weighted by atomic mass is 10.0. The minimum Gasteiger partial charge on any atom is -0.457 e. The molecule has 0 bridgehead atoms. The van der Waals surface area contributed by atoms with Crippen LogP contribution in [0.4, 0.5) is 0 Å². The zero-order valence-corrected chi connectivity index (χ0v) is 13.1. The Morgan fingerprint density at radius 2 is 1.85 bits per heavy atom. The number of nitrogens with one attached hydrogen (secondary N) is 1. The van der Waals surface area contributed by atoms with Crippen LogP contribution in [0.5, 0.6) is 11.5 Å². The maximum absolute atomic E-state index is 7.45. The van der Waals surface area contributed by atoms with Crippen molar-refractivity contribution in [3.05, 3.63) is 58.1 Å². The quantitative estimate of drug-likeness (QED) is 0.632. The molecule has 2 aromatic carbocycles. The molecule has 2 rings (SSSR count).